The number of hydrogen-bond donors (Lipinski definition) is 0. The zero-order valence-corrected chi connectivity index (χ0v) is 35.4. The Morgan fingerprint density at radius 1 is 0.614 bits per heavy atom. The normalized spacial score (nSPS) is 12.9. The SMILES string of the molecule is CC(C)(C)c1ccc(-n2c3[c-]c(Oc4[c-]c(N5[CH-]N(Cc6ccccc6)c6ccccc65)cc(-c5ccccc5)c4)ccc3c3cc(C(C)(C)C)ccc32)nc1.[Pt]. The van der Waals surface area contributed by atoms with Crippen LogP contribution in [0.5, 0.6) is 11.5 Å². The second-order valence-corrected chi connectivity index (χ2v) is 16.7. The molecule has 0 amide bonds. The molecular weight excluding hydrogens is 880 g/mol. The fourth-order valence-electron chi connectivity index (χ4n) is 7.55. The van der Waals surface area contributed by atoms with E-state index in [0.717, 1.165) is 57.0 Å². The Hall–Kier alpha value is -5.64. The summed E-state index contributed by atoms with van der Waals surface area (Å²) >= 11 is 0. The van der Waals surface area contributed by atoms with Crippen molar-refractivity contribution < 1.29 is 25.8 Å². The van der Waals surface area contributed by atoms with Gasteiger partial charge in [-0.25, -0.2) is 4.98 Å². The summed E-state index contributed by atoms with van der Waals surface area (Å²) < 4.78 is 9.00. The minimum absolute atomic E-state index is 0. The van der Waals surface area contributed by atoms with Crippen molar-refractivity contribution in [1.82, 2.24) is 9.55 Å². The minimum Gasteiger partial charge on any atom is -0.509 e. The van der Waals surface area contributed by atoms with Crippen LogP contribution in [0.15, 0.2) is 146 Å². The molecular formula is C51H45N4OPt-3. The van der Waals surface area contributed by atoms with E-state index in [-0.39, 0.29) is 31.9 Å². The van der Waals surface area contributed by atoms with Crippen molar-refractivity contribution in [1.29, 1.82) is 0 Å². The van der Waals surface area contributed by atoms with E-state index in [1.807, 2.05) is 18.3 Å². The predicted molar refractivity (Wildman–Crippen MR) is 231 cm³/mol. The van der Waals surface area contributed by atoms with Gasteiger partial charge in [0.05, 0.1) is 0 Å². The van der Waals surface area contributed by atoms with Crippen LogP contribution in [0.4, 0.5) is 17.1 Å². The van der Waals surface area contributed by atoms with Crippen molar-refractivity contribution >= 4 is 38.9 Å². The summed E-state index contributed by atoms with van der Waals surface area (Å²) in [5, 5.41) is 2.27. The Labute approximate surface area is 350 Å². The first kappa shape index (κ1) is 38.2. The summed E-state index contributed by atoms with van der Waals surface area (Å²) in [6.45, 7) is 16.3. The third-order valence-corrected chi connectivity index (χ3v) is 10.7. The van der Waals surface area contributed by atoms with Gasteiger partial charge >= 0.3 is 0 Å². The van der Waals surface area contributed by atoms with E-state index in [1.54, 1.807) is 0 Å². The van der Waals surface area contributed by atoms with Crippen LogP contribution in [0, 0.1) is 18.8 Å². The molecule has 0 N–H and O–H groups in total. The van der Waals surface area contributed by atoms with Crippen LogP contribution in [0.2, 0.25) is 0 Å². The average molecular weight is 925 g/mol. The molecule has 0 saturated carbocycles. The zero-order chi connectivity index (χ0) is 38.6. The number of pyridine rings is 1. The largest absolute Gasteiger partial charge is 0.509 e. The summed E-state index contributed by atoms with van der Waals surface area (Å²) in [4.78, 5) is 9.51. The molecule has 0 saturated heterocycles. The smallest absolute Gasteiger partial charge is 0.135 e. The van der Waals surface area contributed by atoms with Crippen molar-refractivity contribution in [3.05, 3.63) is 181 Å². The molecule has 1 aliphatic rings. The summed E-state index contributed by atoms with van der Waals surface area (Å²) in [7, 11) is 0. The molecule has 5 nitrogen and oxygen atoms in total. The summed E-state index contributed by atoms with van der Waals surface area (Å²) in [5.74, 6) is 2.06. The van der Waals surface area contributed by atoms with Gasteiger partial charge in [0, 0.05) is 62.2 Å². The number of rotatable bonds is 7. The van der Waals surface area contributed by atoms with Gasteiger partial charge in [-0.05, 0) is 62.7 Å². The standard InChI is InChI=1S/C51H45N4O.Pt/c1-50(2,3)38-21-25-45-44(29-38)43-24-23-41(31-48(43)55(45)49-26-22-39(32-52-49)51(4,5)6)56-42-28-37(36-17-11-8-12-18-36)27-40(30-42)54-34-53(33-35-15-9-7-10-16-35)46-19-13-14-20-47(46)54;/h7-29,32,34H,33H2,1-6H3;/q-3;. The van der Waals surface area contributed by atoms with Crippen molar-refractivity contribution in [2.24, 2.45) is 0 Å². The number of para-hydroxylation sites is 2. The Morgan fingerprint density at radius 2 is 1.30 bits per heavy atom. The van der Waals surface area contributed by atoms with Crippen molar-refractivity contribution in [2.75, 3.05) is 9.80 Å². The Balaban J connectivity index is 0.00000455. The molecule has 0 atom stereocenters. The minimum atomic E-state index is -0.000172. The summed E-state index contributed by atoms with van der Waals surface area (Å²) in [5.41, 5.74) is 11.0. The van der Waals surface area contributed by atoms with Crippen LogP contribution in [-0.4, -0.2) is 9.55 Å². The van der Waals surface area contributed by atoms with Crippen molar-refractivity contribution in [2.45, 2.75) is 58.9 Å². The number of benzene rings is 6. The van der Waals surface area contributed by atoms with Crippen LogP contribution in [0.25, 0.3) is 38.8 Å². The number of hydrogen-bond acceptors (Lipinski definition) is 4. The maximum absolute atomic E-state index is 6.79. The summed E-state index contributed by atoms with van der Waals surface area (Å²) in [6, 6.07) is 56.4. The molecule has 6 heteroatoms. The Bertz CT molecular complexity index is 2690. The first-order valence-electron chi connectivity index (χ1n) is 19.3. The molecule has 8 aromatic rings. The van der Waals surface area contributed by atoms with E-state index in [0.29, 0.717) is 11.5 Å². The molecule has 57 heavy (non-hydrogen) atoms. The van der Waals surface area contributed by atoms with E-state index < -0.39 is 0 Å². The van der Waals surface area contributed by atoms with Crippen molar-refractivity contribution in [3.8, 4) is 28.4 Å². The molecule has 0 unspecified atom stereocenters. The molecule has 288 valence electrons. The molecule has 9 rings (SSSR count). The quantitative estimate of drug-likeness (QED) is 0.149. The molecule has 0 aliphatic carbocycles. The third-order valence-electron chi connectivity index (χ3n) is 10.7. The Kier molecular flexibility index (Phi) is 10.1. The number of nitrogens with zero attached hydrogens (tertiary/aromatic N) is 4. The van der Waals surface area contributed by atoms with E-state index in [2.05, 4.69) is 202 Å². The van der Waals surface area contributed by atoms with Gasteiger partial charge in [-0.2, -0.15) is 12.7 Å². The number of ether oxygens (including phenoxy) is 1. The van der Waals surface area contributed by atoms with Gasteiger partial charge in [0.25, 0.3) is 0 Å². The van der Waals surface area contributed by atoms with Crippen LogP contribution in [-0.2, 0) is 38.4 Å². The first-order valence-corrected chi connectivity index (χ1v) is 19.3. The second kappa shape index (κ2) is 15.0. The zero-order valence-electron chi connectivity index (χ0n) is 33.2. The topological polar surface area (TPSA) is 33.5 Å². The fraction of sp³-hybridized carbons (Fsp3) is 0.176. The maximum atomic E-state index is 6.79. The van der Waals surface area contributed by atoms with Gasteiger partial charge in [0.15, 0.2) is 0 Å². The molecule has 0 bridgehead atoms. The second-order valence-electron chi connectivity index (χ2n) is 16.7. The van der Waals surface area contributed by atoms with Gasteiger partial charge in [0.1, 0.15) is 5.82 Å². The average Bonchev–Trinajstić information content (AvgIpc) is 3.73. The molecule has 0 radical (unpaired) electrons. The molecule has 6 aromatic carbocycles. The van der Waals surface area contributed by atoms with E-state index in [1.165, 1.54) is 22.1 Å². The van der Waals surface area contributed by atoms with Gasteiger partial charge in [-0.3, -0.25) is 0 Å². The van der Waals surface area contributed by atoms with Gasteiger partial charge in [-0.1, -0.05) is 138 Å². The fourth-order valence-corrected chi connectivity index (χ4v) is 7.55. The van der Waals surface area contributed by atoms with Gasteiger partial charge < -0.3 is 19.1 Å². The van der Waals surface area contributed by atoms with Gasteiger partial charge in [-0.15, -0.1) is 47.0 Å². The maximum Gasteiger partial charge on any atom is 0.135 e. The number of aromatic nitrogens is 2. The number of fused-ring (bicyclic) bond motifs is 4. The molecule has 3 heterocycles. The van der Waals surface area contributed by atoms with Crippen LogP contribution >= 0.6 is 0 Å². The molecule has 0 fully saturated rings. The van der Waals surface area contributed by atoms with E-state index >= 15 is 0 Å². The summed E-state index contributed by atoms with van der Waals surface area (Å²) in [6.07, 6.45) is 2.00. The van der Waals surface area contributed by atoms with Crippen molar-refractivity contribution in [3.63, 3.8) is 0 Å². The molecule has 1 aliphatic heterocycles. The predicted octanol–water partition coefficient (Wildman–Crippen LogP) is 13.1. The van der Waals surface area contributed by atoms with Crippen LogP contribution in [0.3, 0.4) is 0 Å². The molecule has 2 aromatic heterocycles. The van der Waals surface area contributed by atoms with Crippen LogP contribution in [0.1, 0.15) is 58.2 Å². The monoisotopic (exact) mass is 924 g/mol. The third kappa shape index (κ3) is 7.49. The van der Waals surface area contributed by atoms with E-state index in [4.69, 9.17) is 9.72 Å². The van der Waals surface area contributed by atoms with E-state index in [9.17, 15) is 0 Å². The number of anilines is 3. The Morgan fingerprint density at radius 3 is 2.00 bits per heavy atom. The van der Waals surface area contributed by atoms with Crippen LogP contribution < -0.4 is 14.5 Å². The van der Waals surface area contributed by atoms with Gasteiger partial charge in [0.2, 0.25) is 0 Å². The molecule has 0 spiro atoms. The first-order chi connectivity index (χ1) is 27.0.